The second kappa shape index (κ2) is 10.5. The summed E-state index contributed by atoms with van der Waals surface area (Å²) in [6.45, 7) is 0.689. The summed E-state index contributed by atoms with van der Waals surface area (Å²) in [6.07, 6.45) is 4.04. The van der Waals surface area contributed by atoms with Gasteiger partial charge in [0.1, 0.15) is 5.75 Å². The fourth-order valence-electron chi connectivity index (χ4n) is 4.37. The number of aromatic nitrogens is 1. The molecule has 0 bridgehead atoms. The van der Waals surface area contributed by atoms with Crippen molar-refractivity contribution in [1.82, 2.24) is 15.4 Å². The zero-order valence-corrected chi connectivity index (χ0v) is 19.3. The van der Waals surface area contributed by atoms with Crippen molar-refractivity contribution >= 4 is 11.8 Å². The Bertz CT molecular complexity index is 1170. The number of carbonyl (C=O) groups excluding carboxylic acids is 2. The largest absolute Gasteiger partial charge is 0.484 e. The molecule has 2 aromatic carbocycles. The second-order valence-corrected chi connectivity index (χ2v) is 8.61. The van der Waals surface area contributed by atoms with Gasteiger partial charge in [-0.3, -0.25) is 9.59 Å². The first-order valence-corrected chi connectivity index (χ1v) is 11.8. The topological polar surface area (TPSA) is 103 Å². The van der Waals surface area contributed by atoms with Gasteiger partial charge in [0, 0.05) is 18.7 Å². The number of para-hydroxylation sites is 1. The van der Waals surface area contributed by atoms with E-state index in [0.717, 1.165) is 31.2 Å². The Morgan fingerprint density at radius 2 is 1.83 bits per heavy atom. The van der Waals surface area contributed by atoms with Crippen LogP contribution in [0.15, 0.2) is 59.1 Å². The van der Waals surface area contributed by atoms with E-state index in [1.54, 1.807) is 11.0 Å². The third-order valence-corrected chi connectivity index (χ3v) is 6.20. The van der Waals surface area contributed by atoms with Gasteiger partial charge in [-0.2, -0.15) is 0 Å². The van der Waals surface area contributed by atoms with Crippen molar-refractivity contribution in [2.24, 2.45) is 0 Å². The molecule has 0 spiro atoms. The number of ether oxygens (including phenoxy) is 3. The summed E-state index contributed by atoms with van der Waals surface area (Å²) < 4.78 is 21.8. The smallest absolute Gasteiger partial charge is 0.273 e. The van der Waals surface area contributed by atoms with Crippen molar-refractivity contribution in [3.05, 3.63) is 71.6 Å². The Balaban J connectivity index is 1.19. The van der Waals surface area contributed by atoms with Gasteiger partial charge in [-0.25, -0.2) is 0 Å². The first kappa shape index (κ1) is 22.8. The maximum absolute atomic E-state index is 13.0. The van der Waals surface area contributed by atoms with Crippen LogP contribution < -0.4 is 19.5 Å². The lowest BCUT2D eigenvalue weighted by Crippen LogP contribution is -2.41. The van der Waals surface area contributed by atoms with Gasteiger partial charge >= 0.3 is 0 Å². The number of nitrogens with zero attached hydrogens (tertiary/aromatic N) is 2. The van der Waals surface area contributed by atoms with E-state index >= 15 is 0 Å². The van der Waals surface area contributed by atoms with Crippen LogP contribution in [0, 0.1) is 0 Å². The summed E-state index contributed by atoms with van der Waals surface area (Å²) >= 11 is 0. The van der Waals surface area contributed by atoms with E-state index in [9.17, 15) is 9.59 Å². The number of amides is 2. The van der Waals surface area contributed by atoms with Crippen LogP contribution in [0.25, 0.3) is 0 Å². The molecular weight excluding hydrogens is 450 g/mol. The molecule has 1 saturated carbocycles. The summed E-state index contributed by atoms with van der Waals surface area (Å²) in [4.78, 5) is 27.4. The lowest BCUT2D eigenvalue weighted by atomic mass is 10.2. The van der Waals surface area contributed by atoms with Crippen molar-refractivity contribution < 1.29 is 28.3 Å². The molecule has 1 aliphatic heterocycles. The van der Waals surface area contributed by atoms with E-state index in [4.69, 9.17) is 18.7 Å². The minimum absolute atomic E-state index is 0.0580. The maximum Gasteiger partial charge on any atom is 0.273 e. The average molecular weight is 478 g/mol. The Labute approximate surface area is 202 Å². The molecule has 3 aromatic rings. The van der Waals surface area contributed by atoms with Crippen LogP contribution in [0.5, 0.6) is 17.2 Å². The molecule has 5 rings (SSSR count). The molecular formula is C26H27N3O6. The number of nitrogens with one attached hydrogen (secondary N) is 1. The van der Waals surface area contributed by atoms with E-state index in [2.05, 4.69) is 10.5 Å². The number of rotatable bonds is 9. The van der Waals surface area contributed by atoms with Crippen LogP contribution in [0.1, 0.15) is 47.5 Å². The Kier molecular flexibility index (Phi) is 6.83. The van der Waals surface area contributed by atoms with Gasteiger partial charge in [0.25, 0.3) is 11.8 Å². The summed E-state index contributed by atoms with van der Waals surface area (Å²) in [5.41, 5.74) is 1.04. The predicted molar refractivity (Wildman–Crippen MR) is 125 cm³/mol. The molecule has 1 aromatic heterocycles. The van der Waals surface area contributed by atoms with Crippen LogP contribution in [0.2, 0.25) is 0 Å². The third-order valence-electron chi connectivity index (χ3n) is 6.20. The van der Waals surface area contributed by atoms with Gasteiger partial charge in [-0.05, 0) is 42.7 Å². The molecule has 2 heterocycles. The lowest BCUT2D eigenvalue weighted by molar-refractivity contribution is -0.136. The third kappa shape index (κ3) is 5.56. The van der Waals surface area contributed by atoms with E-state index in [0.29, 0.717) is 29.6 Å². The molecule has 2 amide bonds. The lowest BCUT2D eigenvalue weighted by Gasteiger charge is -2.28. The number of hydrogen-bond acceptors (Lipinski definition) is 7. The van der Waals surface area contributed by atoms with E-state index in [1.807, 2.05) is 48.5 Å². The van der Waals surface area contributed by atoms with E-state index in [-0.39, 0.29) is 43.5 Å². The standard InChI is InChI=1S/C26H27N3O6/c30-25(16-32-20-8-2-1-3-9-20)29(19-6-4-5-7-19)15-21-13-22(28-35-21)26(31)27-14-18-10-11-23-24(12-18)34-17-33-23/h1-3,8-13,19H,4-7,14-17H2,(H,27,31). The SMILES string of the molecule is O=C(NCc1ccc2c(c1)OCO2)c1cc(CN(C(=O)COc2ccccc2)C2CCCC2)on1. The molecule has 0 unspecified atom stereocenters. The van der Waals surface area contributed by atoms with Gasteiger partial charge in [0.15, 0.2) is 29.6 Å². The number of fused-ring (bicyclic) bond motifs is 1. The van der Waals surface area contributed by atoms with E-state index in [1.165, 1.54) is 0 Å². The summed E-state index contributed by atoms with van der Waals surface area (Å²) in [5, 5.41) is 6.75. The van der Waals surface area contributed by atoms with Crippen molar-refractivity contribution in [3.8, 4) is 17.2 Å². The highest BCUT2D eigenvalue weighted by molar-refractivity contribution is 5.92. The van der Waals surface area contributed by atoms with Crippen LogP contribution in [-0.4, -0.2) is 41.3 Å². The average Bonchev–Trinajstić information content (AvgIpc) is 3.66. The highest BCUT2D eigenvalue weighted by atomic mass is 16.7. The summed E-state index contributed by atoms with van der Waals surface area (Å²) in [5.74, 6) is 1.98. The van der Waals surface area contributed by atoms with Gasteiger partial charge in [0.05, 0.1) is 6.54 Å². The van der Waals surface area contributed by atoms with Crippen molar-refractivity contribution in [1.29, 1.82) is 0 Å². The second-order valence-electron chi connectivity index (χ2n) is 8.61. The van der Waals surface area contributed by atoms with Gasteiger partial charge in [0.2, 0.25) is 6.79 Å². The molecule has 0 radical (unpaired) electrons. The zero-order chi connectivity index (χ0) is 24.0. The van der Waals surface area contributed by atoms with Crippen LogP contribution in [0.4, 0.5) is 0 Å². The number of benzene rings is 2. The minimum Gasteiger partial charge on any atom is -0.484 e. The first-order valence-electron chi connectivity index (χ1n) is 11.8. The predicted octanol–water partition coefficient (Wildman–Crippen LogP) is 3.68. The van der Waals surface area contributed by atoms with Gasteiger partial charge in [-0.1, -0.05) is 42.3 Å². The molecule has 35 heavy (non-hydrogen) atoms. The Morgan fingerprint density at radius 3 is 2.66 bits per heavy atom. The summed E-state index contributed by atoms with van der Waals surface area (Å²) in [7, 11) is 0. The number of carbonyl (C=O) groups is 2. The van der Waals surface area contributed by atoms with Crippen molar-refractivity contribution in [3.63, 3.8) is 0 Å². The van der Waals surface area contributed by atoms with Crippen molar-refractivity contribution in [2.75, 3.05) is 13.4 Å². The maximum atomic E-state index is 13.0. The molecule has 182 valence electrons. The van der Waals surface area contributed by atoms with Gasteiger partial charge < -0.3 is 29.0 Å². The van der Waals surface area contributed by atoms with Crippen LogP contribution >= 0.6 is 0 Å². The molecule has 0 saturated heterocycles. The summed E-state index contributed by atoms with van der Waals surface area (Å²) in [6, 6.07) is 16.5. The minimum atomic E-state index is -0.358. The fraction of sp³-hybridized carbons (Fsp3) is 0.346. The Morgan fingerprint density at radius 1 is 1.03 bits per heavy atom. The molecule has 2 aliphatic rings. The normalized spacial score (nSPS) is 14.6. The quantitative estimate of drug-likeness (QED) is 0.501. The Hall–Kier alpha value is -4.01. The first-order chi connectivity index (χ1) is 17.2. The highest BCUT2D eigenvalue weighted by Crippen LogP contribution is 2.32. The van der Waals surface area contributed by atoms with Crippen LogP contribution in [0.3, 0.4) is 0 Å². The molecule has 1 N–H and O–H groups in total. The van der Waals surface area contributed by atoms with E-state index < -0.39 is 0 Å². The van der Waals surface area contributed by atoms with Gasteiger partial charge in [-0.15, -0.1) is 0 Å². The number of hydrogen-bond donors (Lipinski definition) is 1. The molecule has 1 fully saturated rings. The molecule has 0 atom stereocenters. The fourth-order valence-corrected chi connectivity index (χ4v) is 4.37. The highest BCUT2D eigenvalue weighted by Gasteiger charge is 2.28. The monoisotopic (exact) mass is 477 g/mol. The van der Waals surface area contributed by atoms with Crippen LogP contribution in [-0.2, 0) is 17.9 Å². The van der Waals surface area contributed by atoms with Crippen molar-refractivity contribution in [2.45, 2.75) is 44.8 Å². The molecule has 9 heteroatoms. The molecule has 9 nitrogen and oxygen atoms in total. The zero-order valence-electron chi connectivity index (χ0n) is 19.3. The molecule has 1 aliphatic carbocycles.